The molecule has 0 spiro atoms. The van der Waals surface area contributed by atoms with Gasteiger partial charge in [-0.3, -0.25) is 4.79 Å². The second-order valence-corrected chi connectivity index (χ2v) is 8.80. The Morgan fingerprint density at radius 3 is 2.47 bits per heavy atom. The molecule has 0 aliphatic heterocycles. The van der Waals surface area contributed by atoms with E-state index >= 15 is 0 Å². The number of aryl methyl sites for hydroxylation is 1. The maximum absolute atomic E-state index is 12.4. The highest BCUT2D eigenvalue weighted by Crippen LogP contribution is 2.28. The number of thiophene rings is 1. The van der Waals surface area contributed by atoms with Crippen LogP contribution in [0.1, 0.15) is 20.8 Å². The Hall–Kier alpha value is -0.980. The first-order valence-electron chi connectivity index (χ1n) is 5.40. The fourth-order valence-electron chi connectivity index (χ4n) is 1.69. The number of rotatable bonds is 3. The van der Waals surface area contributed by atoms with Crippen molar-refractivity contribution in [1.82, 2.24) is 0 Å². The van der Waals surface area contributed by atoms with Crippen molar-refractivity contribution in [2.24, 2.45) is 0 Å². The Kier molecular flexibility index (Phi) is 3.94. The molecular formula is C13H11BrO3S2. The van der Waals surface area contributed by atoms with Gasteiger partial charge in [-0.25, -0.2) is 8.42 Å². The van der Waals surface area contributed by atoms with Gasteiger partial charge in [0.05, 0.1) is 8.68 Å². The Bertz CT molecular complexity index is 745. The van der Waals surface area contributed by atoms with E-state index in [2.05, 4.69) is 15.9 Å². The summed E-state index contributed by atoms with van der Waals surface area (Å²) in [6.07, 6.45) is 1.13. The first-order chi connectivity index (χ1) is 8.79. The van der Waals surface area contributed by atoms with Crippen LogP contribution in [-0.4, -0.2) is 20.5 Å². The second kappa shape index (κ2) is 5.19. The van der Waals surface area contributed by atoms with E-state index in [1.165, 1.54) is 23.5 Å². The van der Waals surface area contributed by atoms with E-state index in [1.54, 1.807) is 18.2 Å². The SMILES string of the molecule is Cc1sc(Br)cc1C(=O)c1cccc(S(C)(=O)=O)c1. The van der Waals surface area contributed by atoms with Gasteiger partial charge >= 0.3 is 0 Å². The van der Waals surface area contributed by atoms with Gasteiger partial charge in [-0.05, 0) is 41.1 Å². The summed E-state index contributed by atoms with van der Waals surface area (Å²) in [5, 5.41) is 0. The van der Waals surface area contributed by atoms with Crippen LogP contribution in [0, 0.1) is 6.92 Å². The van der Waals surface area contributed by atoms with Crippen molar-refractivity contribution in [2.75, 3.05) is 6.26 Å². The van der Waals surface area contributed by atoms with Crippen molar-refractivity contribution >= 4 is 42.9 Å². The zero-order chi connectivity index (χ0) is 14.2. The number of carbonyl (C=O) groups excluding carboxylic acids is 1. The first kappa shape index (κ1) is 14.4. The number of hydrogen-bond donors (Lipinski definition) is 0. The normalized spacial score (nSPS) is 11.5. The molecule has 0 radical (unpaired) electrons. The number of benzene rings is 1. The molecule has 0 unspecified atom stereocenters. The molecule has 0 bridgehead atoms. The van der Waals surface area contributed by atoms with E-state index in [0.717, 1.165) is 14.9 Å². The number of hydrogen-bond acceptors (Lipinski definition) is 4. The Morgan fingerprint density at radius 1 is 1.26 bits per heavy atom. The summed E-state index contributed by atoms with van der Waals surface area (Å²) in [5.41, 5.74) is 0.985. The van der Waals surface area contributed by atoms with Crippen LogP contribution >= 0.6 is 27.3 Å². The van der Waals surface area contributed by atoms with Crippen molar-refractivity contribution < 1.29 is 13.2 Å². The quantitative estimate of drug-likeness (QED) is 0.789. The lowest BCUT2D eigenvalue weighted by Gasteiger charge is -2.03. The van der Waals surface area contributed by atoms with Crippen LogP contribution in [0.25, 0.3) is 0 Å². The molecule has 2 aromatic rings. The number of sulfone groups is 1. The molecule has 0 atom stereocenters. The van der Waals surface area contributed by atoms with E-state index in [1.807, 2.05) is 6.92 Å². The minimum atomic E-state index is -3.30. The molecule has 1 aromatic carbocycles. The average Bonchev–Trinajstić information content (AvgIpc) is 2.66. The highest BCUT2D eigenvalue weighted by molar-refractivity contribution is 9.11. The largest absolute Gasteiger partial charge is 0.289 e. The van der Waals surface area contributed by atoms with Crippen LogP contribution < -0.4 is 0 Å². The lowest BCUT2D eigenvalue weighted by molar-refractivity contribution is 0.103. The van der Waals surface area contributed by atoms with Gasteiger partial charge in [0.15, 0.2) is 15.6 Å². The summed E-state index contributed by atoms with van der Waals surface area (Å²) in [4.78, 5) is 13.4. The topological polar surface area (TPSA) is 51.2 Å². The van der Waals surface area contributed by atoms with Gasteiger partial charge in [-0.1, -0.05) is 12.1 Å². The molecule has 19 heavy (non-hydrogen) atoms. The Labute approximate surface area is 124 Å². The monoisotopic (exact) mass is 358 g/mol. The van der Waals surface area contributed by atoms with Gasteiger partial charge in [0.1, 0.15) is 0 Å². The summed E-state index contributed by atoms with van der Waals surface area (Å²) in [7, 11) is -3.30. The minimum absolute atomic E-state index is 0.158. The molecular weight excluding hydrogens is 348 g/mol. The predicted molar refractivity (Wildman–Crippen MR) is 79.7 cm³/mol. The summed E-state index contributed by atoms with van der Waals surface area (Å²) in [6, 6.07) is 7.88. The molecule has 0 aliphatic carbocycles. The maximum Gasteiger partial charge on any atom is 0.194 e. The Morgan fingerprint density at radius 2 is 1.95 bits per heavy atom. The van der Waals surface area contributed by atoms with Gasteiger partial charge in [0, 0.05) is 22.3 Å². The molecule has 0 aliphatic rings. The van der Waals surface area contributed by atoms with Gasteiger partial charge in [-0.15, -0.1) is 11.3 Å². The molecule has 6 heteroatoms. The van der Waals surface area contributed by atoms with Crippen LogP contribution in [0.2, 0.25) is 0 Å². The van der Waals surface area contributed by atoms with Gasteiger partial charge < -0.3 is 0 Å². The van der Waals surface area contributed by atoms with E-state index in [0.29, 0.717) is 11.1 Å². The first-order valence-corrected chi connectivity index (χ1v) is 8.90. The van der Waals surface area contributed by atoms with E-state index in [4.69, 9.17) is 0 Å². The number of halogens is 1. The van der Waals surface area contributed by atoms with Crippen molar-refractivity contribution in [2.45, 2.75) is 11.8 Å². The molecule has 0 saturated heterocycles. The van der Waals surface area contributed by atoms with Crippen LogP contribution in [0.15, 0.2) is 39.0 Å². The van der Waals surface area contributed by atoms with Gasteiger partial charge in [-0.2, -0.15) is 0 Å². The molecule has 0 saturated carbocycles. The highest BCUT2D eigenvalue weighted by atomic mass is 79.9. The third kappa shape index (κ3) is 3.13. The zero-order valence-electron chi connectivity index (χ0n) is 10.3. The van der Waals surface area contributed by atoms with Crippen LogP contribution in [0.5, 0.6) is 0 Å². The Balaban J connectivity index is 2.48. The van der Waals surface area contributed by atoms with E-state index < -0.39 is 9.84 Å². The van der Waals surface area contributed by atoms with Crippen LogP contribution in [0.4, 0.5) is 0 Å². The smallest absolute Gasteiger partial charge is 0.194 e. The predicted octanol–water partition coefficient (Wildman–Crippen LogP) is 3.45. The van der Waals surface area contributed by atoms with E-state index in [-0.39, 0.29) is 10.7 Å². The molecule has 0 N–H and O–H groups in total. The second-order valence-electron chi connectivity index (χ2n) is 4.15. The van der Waals surface area contributed by atoms with Crippen molar-refractivity contribution in [3.63, 3.8) is 0 Å². The third-order valence-electron chi connectivity index (χ3n) is 2.66. The molecule has 100 valence electrons. The average molecular weight is 359 g/mol. The summed E-state index contributed by atoms with van der Waals surface area (Å²) < 4.78 is 23.9. The molecule has 1 heterocycles. The third-order valence-corrected chi connectivity index (χ3v) is 5.32. The standard InChI is InChI=1S/C13H11BrO3S2/c1-8-11(7-12(14)18-8)13(15)9-4-3-5-10(6-9)19(2,16)17/h3-7H,1-2H3. The number of ketones is 1. The molecule has 0 amide bonds. The van der Waals surface area contributed by atoms with Crippen LogP contribution in [-0.2, 0) is 9.84 Å². The fourth-order valence-corrected chi connectivity index (χ4v) is 4.05. The summed E-state index contributed by atoms with van der Waals surface area (Å²) >= 11 is 4.82. The lowest BCUT2D eigenvalue weighted by Crippen LogP contribution is -2.04. The van der Waals surface area contributed by atoms with Crippen molar-refractivity contribution in [3.8, 4) is 0 Å². The van der Waals surface area contributed by atoms with Gasteiger partial charge in [0.2, 0.25) is 0 Å². The number of carbonyl (C=O) groups is 1. The minimum Gasteiger partial charge on any atom is -0.289 e. The van der Waals surface area contributed by atoms with E-state index in [9.17, 15) is 13.2 Å². The molecule has 3 nitrogen and oxygen atoms in total. The van der Waals surface area contributed by atoms with Crippen LogP contribution in [0.3, 0.4) is 0 Å². The zero-order valence-corrected chi connectivity index (χ0v) is 13.5. The maximum atomic E-state index is 12.4. The molecule has 0 fully saturated rings. The summed E-state index contributed by atoms with van der Waals surface area (Å²) in [5.74, 6) is -0.162. The lowest BCUT2D eigenvalue weighted by atomic mass is 10.0. The summed E-state index contributed by atoms with van der Waals surface area (Å²) in [6.45, 7) is 1.86. The van der Waals surface area contributed by atoms with Gasteiger partial charge in [0.25, 0.3) is 0 Å². The van der Waals surface area contributed by atoms with Crippen molar-refractivity contribution in [3.05, 3.63) is 50.1 Å². The molecule has 2 rings (SSSR count). The molecule has 1 aromatic heterocycles. The highest BCUT2D eigenvalue weighted by Gasteiger charge is 2.16. The fraction of sp³-hybridized carbons (Fsp3) is 0.154. The van der Waals surface area contributed by atoms with Crippen molar-refractivity contribution in [1.29, 1.82) is 0 Å².